The van der Waals surface area contributed by atoms with Gasteiger partial charge < -0.3 is 24.0 Å². The summed E-state index contributed by atoms with van der Waals surface area (Å²) in [6.45, 7) is 3.00. The van der Waals surface area contributed by atoms with Crippen LogP contribution in [0, 0.1) is 6.92 Å². The van der Waals surface area contributed by atoms with Gasteiger partial charge in [-0.2, -0.15) is 0 Å². The molecule has 37 heavy (non-hydrogen) atoms. The molecule has 2 aromatic carbocycles. The monoisotopic (exact) mass is 500 g/mol. The molecular formula is C28H28N4O5. The largest absolute Gasteiger partial charge is 0.494 e. The third-order valence-electron chi connectivity index (χ3n) is 7.74. The first-order valence-electron chi connectivity index (χ1n) is 12.5. The average molecular weight is 501 g/mol. The van der Waals surface area contributed by atoms with Crippen LogP contribution in [0.15, 0.2) is 59.1 Å². The summed E-state index contributed by atoms with van der Waals surface area (Å²) in [5.41, 5.74) is 1.50. The number of benzene rings is 2. The molecule has 0 saturated carbocycles. The number of nitrogens with zero attached hydrogens (tertiary/aromatic N) is 4. The molecule has 4 bridgehead atoms. The van der Waals surface area contributed by atoms with Gasteiger partial charge in [0.2, 0.25) is 11.8 Å². The maximum Gasteiger partial charge on any atom is 0.276 e. The zero-order valence-electron chi connectivity index (χ0n) is 20.8. The summed E-state index contributed by atoms with van der Waals surface area (Å²) >= 11 is 0. The quantitative estimate of drug-likeness (QED) is 0.510. The van der Waals surface area contributed by atoms with Crippen molar-refractivity contribution in [1.82, 2.24) is 15.0 Å². The summed E-state index contributed by atoms with van der Waals surface area (Å²) in [6, 6.07) is 16.2. The molecule has 1 fully saturated rings. The topological polar surface area (TPSA) is 96.2 Å². The van der Waals surface area contributed by atoms with Gasteiger partial charge in [-0.3, -0.25) is 14.4 Å². The number of carbonyl (C=O) groups excluding carboxylic acids is 3. The highest BCUT2D eigenvalue weighted by Crippen LogP contribution is 2.57. The average Bonchev–Trinajstić information content (AvgIpc) is 3.58. The fourth-order valence-corrected chi connectivity index (χ4v) is 5.99. The molecule has 4 heterocycles. The molecule has 1 aromatic heterocycles. The summed E-state index contributed by atoms with van der Waals surface area (Å²) in [7, 11) is 1.75. The number of ether oxygens (including phenoxy) is 1. The summed E-state index contributed by atoms with van der Waals surface area (Å²) in [6.07, 6.45) is 1.07. The van der Waals surface area contributed by atoms with Crippen LogP contribution in [0.4, 0.5) is 5.69 Å². The van der Waals surface area contributed by atoms with Crippen molar-refractivity contribution in [2.24, 2.45) is 0 Å². The minimum absolute atomic E-state index is 0.0574. The number of likely N-dealkylation sites (tertiary alicyclic amines) is 1. The van der Waals surface area contributed by atoms with Crippen molar-refractivity contribution in [1.29, 1.82) is 0 Å². The molecule has 3 amide bonds. The van der Waals surface area contributed by atoms with Crippen LogP contribution in [0.5, 0.6) is 5.75 Å². The van der Waals surface area contributed by atoms with Gasteiger partial charge in [-0.05, 0) is 49.1 Å². The molecule has 3 aliphatic rings. The predicted molar refractivity (Wildman–Crippen MR) is 134 cm³/mol. The highest BCUT2D eigenvalue weighted by molar-refractivity contribution is 6.12. The van der Waals surface area contributed by atoms with Gasteiger partial charge in [0.05, 0.1) is 12.6 Å². The molecule has 0 aliphatic carbocycles. The molecule has 6 rings (SSSR count). The Morgan fingerprint density at radius 3 is 2.73 bits per heavy atom. The summed E-state index contributed by atoms with van der Waals surface area (Å²) in [4.78, 5) is 46.3. The molecule has 0 N–H and O–H groups in total. The minimum Gasteiger partial charge on any atom is -0.494 e. The fraction of sp³-hybridized carbons (Fsp3) is 0.357. The van der Waals surface area contributed by atoms with E-state index >= 15 is 0 Å². The number of rotatable bonds is 1. The highest BCUT2D eigenvalue weighted by Gasteiger charge is 2.62. The molecule has 1 spiro atoms. The van der Waals surface area contributed by atoms with Gasteiger partial charge in [-0.15, -0.1) is 0 Å². The Bertz CT molecular complexity index is 1400. The number of fused-ring (bicyclic) bond motifs is 6. The Kier molecular flexibility index (Phi) is 5.51. The van der Waals surface area contributed by atoms with Crippen LogP contribution in [0.2, 0.25) is 0 Å². The second-order valence-electron chi connectivity index (χ2n) is 9.94. The van der Waals surface area contributed by atoms with Crippen molar-refractivity contribution in [3.63, 3.8) is 0 Å². The van der Waals surface area contributed by atoms with E-state index in [1.807, 2.05) is 48.5 Å². The van der Waals surface area contributed by atoms with Crippen LogP contribution in [-0.2, 0) is 15.0 Å². The maximum absolute atomic E-state index is 14.4. The molecule has 190 valence electrons. The number of aryl methyl sites for hydroxylation is 1. The number of anilines is 1. The molecule has 0 radical (unpaired) electrons. The molecular weight excluding hydrogens is 472 g/mol. The lowest BCUT2D eigenvalue weighted by atomic mass is 9.72. The lowest BCUT2D eigenvalue weighted by Gasteiger charge is -2.35. The lowest BCUT2D eigenvalue weighted by Crippen LogP contribution is -2.48. The van der Waals surface area contributed by atoms with E-state index < -0.39 is 11.5 Å². The molecule has 0 unspecified atom stereocenters. The Morgan fingerprint density at radius 2 is 1.92 bits per heavy atom. The van der Waals surface area contributed by atoms with E-state index in [4.69, 9.17) is 9.26 Å². The van der Waals surface area contributed by atoms with Gasteiger partial charge in [0.15, 0.2) is 5.69 Å². The fourth-order valence-electron chi connectivity index (χ4n) is 5.99. The van der Waals surface area contributed by atoms with E-state index in [2.05, 4.69) is 5.16 Å². The third-order valence-corrected chi connectivity index (χ3v) is 7.74. The Hall–Kier alpha value is -4.14. The number of hydrogen-bond acceptors (Lipinski definition) is 6. The Labute approximate surface area is 214 Å². The van der Waals surface area contributed by atoms with Crippen LogP contribution >= 0.6 is 0 Å². The van der Waals surface area contributed by atoms with Gasteiger partial charge >= 0.3 is 0 Å². The van der Waals surface area contributed by atoms with Crippen molar-refractivity contribution in [3.8, 4) is 5.75 Å². The zero-order chi connectivity index (χ0) is 25.7. The molecule has 3 aromatic rings. The van der Waals surface area contributed by atoms with Crippen molar-refractivity contribution in [3.05, 3.63) is 77.2 Å². The van der Waals surface area contributed by atoms with Crippen LogP contribution in [-0.4, -0.2) is 66.0 Å². The Balaban J connectivity index is 1.55. The first-order chi connectivity index (χ1) is 17.9. The number of carbonyl (C=O) groups is 3. The standard InChI is InChI=1S/C28H28N4O5/c1-18-15-22(29-37-18)26(34)31-13-11-28-21-9-3-4-10-23(21)32(27(28)35)17-24(33)30(2)12-6-14-36-20-8-5-7-19(16-20)25(28)31/h3-5,7-10,15-16,25H,6,11-14,17H2,1-2H3/t25-,28+/m0/s1. The lowest BCUT2D eigenvalue weighted by molar-refractivity contribution is -0.131. The van der Waals surface area contributed by atoms with Crippen molar-refractivity contribution < 1.29 is 23.6 Å². The number of amides is 3. The zero-order valence-corrected chi connectivity index (χ0v) is 20.8. The summed E-state index contributed by atoms with van der Waals surface area (Å²) < 4.78 is 11.2. The number of hydrogen-bond donors (Lipinski definition) is 0. The number of likely N-dealkylation sites (N-methyl/N-ethyl adjacent to an activating group) is 1. The predicted octanol–water partition coefficient (Wildman–Crippen LogP) is 3.10. The maximum atomic E-state index is 14.4. The molecule has 3 aliphatic heterocycles. The van der Waals surface area contributed by atoms with E-state index in [0.29, 0.717) is 49.7 Å². The van der Waals surface area contributed by atoms with Gasteiger partial charge in [0.1, 0.15) is 23.5 Å². The third kappa shape index (κ3) is 3.60. The Morgan fingerprint density at radius 1 is 1.08 bits per heavy atom. The number of para-hydroxylation sites is 1. The van der Waals surface area contributed by atoms with Crippen molar-refractivity contribution in [2.75, 3.05) is 38.2 Å². The van der Waals surface area contributed by atoms with E-state index in [9.17, 15) is 14.4 Å². The first kappa shape index (κ1) is 23.3. The number of aromatic nitrogens is 1. The second-order valence-corrected chi connectivity index (χ2v) is 9.94. The molecule has 9 nitrogen and oxygen atoms in total. The van der Waals surface area contributed by atoms with Crippen LogP contribution < -0.4 is 9.64 Å². The van der Waals surface area contributed by atoms with Gasteiger partial charge in [0, 0.05) is 31.9 Å². The van der Waals surface area contributed by atoms with E-state index in [-0.39, 0.29) is 30.0 Å². The summed E-state index contributed by atoms with van der Waals surface area (Å²) in [5, 5.41) is 3.96. The molecule has 2 atom stereocenters. The van der Waals surface area contributed by atoms with E-state index in [1.54, 1.807) is 34.7 Å². The minimum atomic E-state index is -1.05. The van der Waals surface area contributed by atoms with Crippen LogP contribution in [0.1, 0.15) is 46.3 Å². The normalized spacial score (nSPS) is 23.4. The second kappa shape index (κ2) is 8.76. The van der Waals surface area contributed by atoms with Crippen molar-refractivity contribution >= 4 is 23.4 Å². The van der Waals surface area contributed by atoms with Gasteiger partial charge in [-0.1, -0.05) is 35.5 Å². The van der Waals surface area contributed by atoms with E-state index in [0.717, 1.165) is 11.1 Å². The van der Waals surface area contributed by atoms with E-state index in [1.165, 1.54) is 0 Å². The van der Waals surface area contributed by atoms with Gasteiger partial charge in [0.25, 0.3) is 5.91 Å². The van der Waals surface area contributed by atoms with Crippen LogP contribution in [0.3, 0.4) is 0 Å². The smallest absolute Gasteiger partial charge is 0.276 e. The highest BCUT2D eigenvalue weighted by atomic mass is 16.5. The molecule has 9 heteroatoms. The van der Waals surface area contributed by atoms with Crippen molar-refractivity contribution in [2.45, 2.75) is 31.2 Å². The van der Waals surface area contributed by atoms with Crippen LogP contribution in [0.25, 0.3) is 0 Å². The van der Waals surface area contributed by atoms with Gasteiger partial charge in [-0.25, -0.2) is 0 Å². The SMILES string of the molecule is Cc1cc(C(=O)N2CC[C@]34C(=O)N(CC(=O)N(C)CCCOc5cccc(c5)[C@H]23)c2ccccc24)no1. The molecule has 1 saturated heterocycles. The summed E-state index contributed by atoms with van der Waals surface area (Å²) in [5.74, 6) is 0.582. The first-order valence-corrected chi connectivity index (χ1v) is 12.5.